The maximum atomic E-state index is 12.2. The van der Waals surface area contributed by atoms with Gasteiger partial charge >= 0.3 is 0 Å². The first kappa shape index (κ1) is 18.5. The highest BCUT2D eigenvalue weighted by molar-refractivity contribution is 7.17. The summed E-state index contributed by atoms with van der Waals surface area (Å²) in [5, 5.41) is 0.634. The number of thiophene rings is 1. The molecule has 3 aromatic heterocycles. The molecule has 0 bridgehead atoms. The Morgan fingerprint density at radius 2 is 2.07 bits per heavy atom. The Morgan fingerprint density at radius 1 is 1.29 bits per heavy atom. The van der Waals surface area contributed by atoms with E-state index in [0.29, 0.717) is 21.3 Å². The molecule has 4 rings (SSSR count). The van der Waals surface area contributed by atoms with E-state index < -0.39 is 0 Å². The molecule has 2 N–H and O–H groups in total. The highest BCUT2D eigenvalue weighted by Gasteiger charge is 2.20. The Morgan fingerprint density at radius 3 is 2.82 bits per heavy atom. The molecule has 142 valence electrons. The Labute approximate surface area is 171 Å². The summed E-state index contributed by atoms with van der Waals surface area (Å²) in [7, 11) is 0. The number of carbonyl (C=O) groups is 1. The molecule has 0 aliphatic rings. The molecule has 7 heteroatoms. The maximum Gasteiger partial charge on any atom is 0.173 e. The topological polar surface area (TPSA) is 69.6 Å². The van der Waals surface area contributed by atoms with Gasteiger partial charge in [-0.2, -0.15) is 0 Å². The molecule has 5 nitrogen and oxygen atoms in total. The third kappa shape index (κ3) is 3.37. The van der Waals surface area contributed by atoms with Gasteiger partial charge in [-0.15, -0.1) is 11.3 Å². The summed E-state index contributed by atoms with van der Waals surface area (Å²) >= 11 is 7.67. The fraction of sp³-hybridized carbons (Fsp3) is 0.143. The van der Waals surface area contributed by atoms with Gasteiger partial charge in [-0.3, -0.25) is 9.20 Å². The van der Waals surface area contributed by atoms with Crippen LogP contribution in [0, 0.1) is 0 Å². The highest BCUT2D eigenvalue weighted by atomic mass is 35.5. The summed E-state index contributed by atoms with van der Waals surface area (Å²) in [5.41, 5.74) is 8.99. The summed E-state index contributed by atoms with van der Waals surface area (Å²) in [6.07, 6.45) is 3.34. The van der Waals surface area contributed by atoms with E-state index in [-0.39, 0.29) is 11.9 Å². The monoisotopic (exact) mass is 411 g/mol. The molecular weight excluding hydrogens is 394 g/mol. The summed E-state index contributed by atoms with van der Waals surface area (Å²) in [6.45, 7) is 3.46. The molecule has 1 aromatic carbocycles. The van der Waals surface area contributed by atoms with Crippen LogP contribution >= 0.6 is 22.9 Å². The van der Waals surface area contributed by atoms with Gasteiger partial charge < -0.3 is 10.5 Å². The number of pyridine rings is 1. The molecular formula is C21H18ClN3O2S. The Hall–Kier alpha value is -2.83. The first-order chi connectivity index (χ1) is 13.4. The average molecular weight is 412 g/mol. The van der Waals surface area contributed by atoms with E-state index in [1.54, 1.807) is 12.3 Å². The summed E-state index contributed by atoms with van der Waals surface area (Å²) in [4.78, 5) is 18.1. The van der Waals surface area contributed by atoms with E-state index >= 15 is 0 Å². The van der Waals surface area contributed by atoms with Crippen LogP contribution in [-0.4, -0.2) is 15.2 Å². The number of carbonyl (C=O) groups excluding carboxylic acids is 1. The van der Waals surface area contributed by atoms with E-state index in [1.165, 1.54) is 18.3 Å². The van der Waals surface area contributed by atoms with Crippen molar-refractivity contribution in [3.63, 3.8) is 0 Å². The van der Waals surface area contributed by atoms with Gasteiger partial charge in [0, 0.05) is 41.5 Å². The number of ether oxygens (including phenoxy) is 1. The van der Waals surface area contributed by atoms with Crippen LogP contribution in [0.25, 0.3) is 16.2 Å². The number of hydrogen-bond donors (Lipinski definition) is 1. The Kier molecular flexibility index (Phi) is 4.83. The van der Waals surface area contributed by atoms with Crippen LogP contribution in [0.2, 0.25) is 5.02 Å². The molecule has 0 saturated carbocycles. The Bertz CT molecular complexity index is 1180. The second kappa shape index (κ2) is 7.30. The van der Waals surface area contributed by atoms with Crippen LogP contribution in [0.4, 0.5) is 5.69 Å². The summed E-state index contributed by atoms with van der Waals surface area (Å²) < 4.78 is 8.08. The van der Waals surface area contributed by atoms with Crippen molar-refractivity contribution in [3.8, 4) is 16.3 Å². The van der Waals surface area contributed by atoms with Crippen LogP contribution in [0.3, 0.4) is 0 Å². The molecule has 0 spiro atoms. The minimum absolute atomic E-state index is 0.0457. The van der Waals surface area contributed by atoms with Crippen molar-refractivity contribution in [3.05, 3.63) is 70.3 Å². The van der Waals surface area contributed by atoms with Crippen LogP contribution in [0.1, 0.15) is 35.2 Å². The predicted molar refractivity (Wildman–Crippen MR) is 113 cm³/mol. The molecule has 1 atom stereocenters. The van der Waals surface area contributed by atoms with E-state index in [9.17, 15) is 4.79 Å². The molecule has 0 aliphatic carbocycles. The molecule has 4 aromatic rings. The lowest BCUT2D eigenvalue weighted by molar-refractivity contribution is 0.101. The van der Waals surface area contributed by atoms with Gasteiger partial charge in [-0.1, -0.05) is 29.8 Å². The number of Topliss-reactive ketones (excluding diaryl/α,β-unsaturated/α-hetero) is 1. The van der Waals surface area contributed by atoms with E-state index in [1.807, 2.05) is 53.9 Å². The molecule has 0 amide bonds. The summed E-state index contributed by atoms with van der Waals surface area (Å²) in [5.74, 6) is 0.501. The Balaban J connectivity index is 1.73. The van der Waals surface area contributed by atoms with Crippen LogP contribution in [0.5, 0.6) is 5.75 Å². The molecule has 0 aliphatic heterocycles. The first-order valence-electron chi connectivity index (χ1n) is 8.73. The second-order valence-corrected chi connectivity index (χ2v) is 7.93. The van der Waals surface area contributed by atoms with Crippen molar-refractivity contribution in [2.24, 2.45) is 0 Å². The largest absolute Gasteiger partial charge is 0.484 e. The average Bonchev–Trinajstić information content (AvgIpc) is 3.25. The number of nitrogen functional groups attached to an aromatic ring is 1. The minimum Gasteiger partial charge on any atom is -0.484 e. The van der Waals surface area contributed by atoms with Gasteiger partial charge in [0.15, 0.2) is 5.78 Å². The van der Waals surface area contributed by atoms with Crippen LogP contribution < -0.4 is 10.5 Å². The number of rotatable bonds is 5. The van der Waals surface area contributed by atoms with Gasteiger partial charge in [-0.05, 0) is 19.1 Å². The number of hydrogen-bond acceptors (Lipinski definition) is 5. The standard InChI is InChI=1S/C21H18ClN3O2S/c1-12(26)21-18(27-13(2)15-5-3-4-6-16(15)22)10-19(28-21)17-11-24-20-9-14(23)7-8-25(17)20/h3-11,13H,23H2,1-2H3. The smallest absolute Gasteiger partial charge is 0.173 e. The lowest BCUT2D eigenvalue weighted by atomic mass is 10.1. The molecule has 0 saturated heterocycles. The van der Waals surface area contributed by atoms with Crippen molar-refractivity contribution in [2.45, 2.75) is 20.0 Å². The number of halogens is 1. The van der Waals surface area contributed by atoms with Crippen molar-refractivity contribution in [1.82, 2.24) is 9.38 Å². The molecule has 0 fully saturated rings. The van der Waals surface area contributed by atoms with Crippen molar-refractivity contribution in [1.29, 1.82) is 0 Å². The maximum absolute atomic E-state index is 12.2. The fourth-order valence-corrected chi connectivity index (χ4v) is 4.35. The number of nitrogens with two attached hydrogens (primary N) is 1. The van der Waals surface area contributed by atoms with E-state index in [4.69, 9.17) is 22.1 Å². The van der Waals surface area contributed by atoms with Crippen molar-refractivity contribution in [2.75, 3.05) is 5.73 Å². The van der Waals surface area contributed by atoms with Crippen LogP contribution in [0.15, 0.2) is 54.9 Å². The minimum atomic E-state index is -0.295. The predicted octanol–water partition coefficient (Wildman–Crippen LogP) is 5.64. The molecule has 3 heterocycles. The van der Waals surface area contributed by atoms with Gasteiger partial charge in [0.2, 0.25) is 0 Å². The van der Waals surface area contributed by atoms with Crippen molar-refractivity contribution >= 4 is 40.1 Å². The lowest BCUT2D eigenvalue weighted by Crippen LogP contribution is -2.05. The SMILES string of the molecule is CC(=O)c1sc(-c2cnc3cc(N)ccn23)cc1OC(C)c1ccccc1Cl. The van der Waals surface area contributed by atoms with Gasteiger partial charge in [0.05, 0.1) is 16.8 Å². The van der Waals surface area contributed by atoms with Crippen molar-refractivity contribution < 1.29 is 9.53 Å². The number of ketones is 1. The van der Waals surface area contributed by atoms with Gasteiger partial charge in [0.25, 0.3) is 0 Å². The summed E-state index contributed by atoms with van der Waals surface area (Å²) in [6, 6.07) is 13.0. The zero-order valence-corrected chi connectivity index (χ0v) is 16.9. The number of benzene rings is 1. The van der Waals surface area contributed by atoms with E-state index in [2.05, 4.69) is 4.98 Å². The number of anilines is 1. The quantitative estimate of drug-likeness (QED) is 0.431. The molecule has 0 radical (unpaired) electrons. The number of imidazole rings is 1. The molecule has 1 unspecified atom stereocenters. The third-order valence-electron chi connectivity index (χ3n) is 4.45. The van der Waals surface area contributed by atoms with E-state index in [0.717, 1.165) is 21.8 Å². The zero-order chi connectivity index (χ0) is 19.8. The fourth-order valence-electron chi connectivity index (χ4n) is 3.07. The normalized spacial score (nSPS) is 12.2. The number of fused-ring (bicyclic) bond motifs is 1. The van der Waals surface area contributed by atoms with Gasteiger partial charge in [0.1, 0.15) is 22.4 Å². The second-order valence-electron chi connectivity index (χ2n) is 6.47. The van der Waals surface area contributed by atoms with Gasteiger partial charge in [-0.25, -0.2) is 4.98 Å². The number of aromatic nitrogens is 2. The highest BCUT2D eigenvalue weighted by Crippen LogP contribution is 2.39. The number of nitrogens with zero attached hydrogens (tertiary/aromatic N) is 2. The zero-order valence-electron chi connectivity index (χ0n) is 15.3. The first-order valence-corrected chi connectivity index (χ1v) is 9.92. The lowest BCUT2D eigenvalue weighted by Gasteiger charge is -2.16. The third-order valence-corrected chi connectivity index (χ3v) is 6.04. The van der Waals surface area contributed by atoms with Crippen LogP contribution in [-0.2, 0) is 0 Å². The molecule has 28 heavy (non-hydrogen) atoms.